The molecule has 1 aromatic carbocycles. The maximum absolute atomic E-state index is 13.1. The molecule has 4 rings (SSSR count). The molecule has 158 valence electrons. The van der Waals surface area contributed by atoms with E-state index >= 15 is 0 Å². The number of benzene rings is 1. The Morgan fingerprint density at radius 3 is 2.45 bits per heavy atom. The van der Waals surface area contributed by atoms with Crippen LogP contribution in [0.15, 0.2) is 35.1 Å². The third-order valence-corrected chi connectivity index (χ3v) is 6.90. The summed E-state index contributed by atoms with van der Waals surface area (Å²) < 4.78 is 9.32. The van der Waals surface area contributed by atoms with Crippen LogP contribution >= 0.6 is 0 Å². The predicted molar refractivity (Wildman–Crippen MR) is 116 cm³/mol. The zero-order chi connectivity index (χ0) is 20.3. The Morgan fingerprint density at radius 1 is 1.07 bits per heavy atom. The third-order valence-electron chi connectivity index (χ3n) is 6.90. The number of aromatic nitrogens is 2. The van der Waals surface area contributed by atoms with E-state index in [1.54, 1.807) is 4.68 Å². The number of nitrogens with zero attached hydrogens (tertiary/aromatic N) is 3. The van der Waals surface area contributed by atoms with E-state index in [-0.39, 0.29) is 11.1 Å². The zero-order valence-corrected chi connectivity index (χ0v) is 17.8. The van der Waals surface area contributed by atoms with Crippen LogP contribution in [-0.4, -0.2) is 52.7 Å². The van der Waals surface area contributed by atoms with Gasteiger partial charge in [-0.05, 0) is 31.9 Å². The van der Waals surface area contributed by atoms with E-state index in [2.05, 4.69) is 10.2 Å². The van der Waals surface area contributed by atoms with Crippen LogP contribution in [0.4, 0.5) is 0 Å². The van der Waals surface area contributed by atoms with Gasteiger partial charge in [0, 0.05) is 44.5 Å². The van der Waals surface area contributed by atoms with Crippen LogP contribution in [0, 0.1) is 6.92 Å². The maximum atomic E-state index is 13.1. The van der Waals surface area contributed by atoms with Gasteiger partial charge < -0.3 is 10.1 Å². The molecule has 0 unspecified atom stereocenters. The fourth-order valence-electron chi connectivity index (χ4n) is 5.10. The minimum atomic E-state index is 0.0766. The van der Waals surface area contributed by atoms with Gasteiger partial charge in [0.05, 0.1) is 24.5 Å². The standard InChI is InChI=1S/C23H34N4O2/c1-19-21(22(28)27(25(19)2)20-9-5-3-6-10-20)17-24-18-23(11-7-4-8-12-23)26-13-15-29-16-14-26/h3,5-6,9-10,24H,4,7-8,11-18H2,1-2H3. The molecule has 1 aromatic heterocycles. The first kappa shape index (κ1) is 20.4. The van der Waals surface area contributed by atoms with Crippen LogP contribution in [-0.2, 0) is 18.3 Å². The summed E-state index contributed by atoms with van der Waals surface area (Å²) in [6, 6.07) is 9.87. The molecular weight excluding hydrogens is 364 g/mol. The van der Waals surface area contributed by atoms with Gasteiger partial charge in [0.2, 0.25) is 0 Å². The Morgan fingerprint density at radius 2 is 1.76 bits per heavy atom. The van der Waals surface area contributed by atoms with Crippen molar-refractivity contribution in [3.8, 4) is 5.69 Å². The lowest BCUT2D eigenvalue weighted by molar-refractivity contribution is -0.0369. The smallest absolute Gasteiger partial charge is 0.276 e. The Hall–Kier alpha value is -1.89. The molecule has 1 saturated heterocycles. The van der Waals surface area contributed by atoms with E-state index in [1.807, 2.05) is 49.0 Å². The molecule has 0 atom stereocenters. The van der Waals surface area contributed by atoms with Crippen LogP contribution < -0.4 is 10.9 Å². The fraction of sp³-hybridized carbons (Fsp3) is 0.609. The number of morpholine rings is 1. The van der Waals surface area contributed by atoms with Crippen LogP contribution in [0.2, 0.25) is 0 Å². The lowest BCUT2D eigenvalue weighted by Gasteiger charge is -2.48. The van der Waals surface area contributed by atoms with Crippen molar-refractivity contribution in [3.63, 3.8) is 0 Å². The van der Waals surface area contributed by atoms with E-state index in [9.17, 15) is 4.79 Å². The summed E-state index contributed by atoms with van der Waals surface area (Å²) in [5, 5.41) is 3.67. The van der Waals surface area contributed by atoms with Crippen molar-refractivity contribution >= 4 is 0 Å². The van der Waals surface area contributed by atoms with E-state index in [1.165, 1.54) is 32.1 Å². The van der Waals surface area contributed by atoms with Gasteiger partial charge in [0.25, 0.3) is 5.56 Å². The van der Waals surface area contributed by atoms with Gasteiger partial charge in [-0.3, -0.25) is 14.4 Å². The second-order valence-corrected chi connectivity index (χ2v) is 8.53. The molecule has 2 fully saturated rings. The minimum absolute atomic E-state index is 0.0766. The molecule has 6 nitrogen and oxygen atoms in total. The van der Waals surface area contributed by atoms with Crippen molar-refractivity contribution in [1.29, 1.82) is 0 Å². The summed E-state index contributed by atoms with van der Waals surface area (Å²) in [5.41, 5.74) is 3.09. The van der Waals surface area contributed by atoms with Gasteiger partial charge in [-0.2, -0.15) is 0 Å². The van der Waals surface area contributed by atoms with Crippen LogP contribution in [0.5, 0.6) is 0 Å². The SMILES string of the molecule is Cc1c(CNCC2(N3CCOCC3)CCCCC2)c(=O)n(-c2ccccc2)n1C. The molecule has 1 aliphatic heterocycles. The van der Waals surface area contributed by atoms with Crippen molar-refractivity contribution in [1.82, 2.24) is 19.6 Å². The summed E-state index contributed by atoms with van der Waals surface area (Å²) in [7, 11) is 1.96. The topological polar surface area (TPSA) is 51.4 Å². The number of nitrogens with one attached hydrogen (secondary N) is 1. The molecular formula is C23H34N4O2. The van der Waals surface area contributed by atoms with Crippen molar-refractivity contribution < 1.29 is 4.74 Å². The molecule has 0 amide bonds. The lowest BCUT2D eigenvalue weighted by Crippen LogP contribution is -2.59. The number of ether oxygens (including phenoxy) is 1. The van der Waals surface area contributed by atoms with Gasteiger partial charge in [-0.15, -0.1) is 0 Å². The molecule has 2 heterocycles. The molecule has 0 spiro atoms. The van der Waals surface area contributed by atoms with E-state index in [0.29, 0.717) is 6.54 Å². The summed E-state index contributed by atoms with van der Waals surface area (Å²) in [5.74, 6) is 0. The highest BCUT2D eigenvalue weighted by Gasteiger charge is 2.38. The first-order chi connectivity index (χ1) is 14.1. The van der Waals surface area contributed by atoms with E-state index in [4.69, 9.17) is 4.74 Å². The van der Waals surface area contributed by atoms with Crippen LogP contribution in [0.1, 0.15) is 43.4 Å². The average molecular weight is 399 g/mol. The summed E-state index contributed by atoms with van der Waals surface area (Å²) >= 11 is 0. The normalized spacial score (nSPS) is 20.1. The molecule has 6 heteroatoms. The molecule has 1 aliphatic carbocycles. The maximum Gasteiger partial charge on any atom is 0.276 e. The van der Waals surface area contributed by atoms with Gasteiger partial charge in [-0.1, -0.05) is 37.5 Å². The molecule has 2 aliphatic rings. The summed E-state index contributed by atoms with van der Waals surface area (Å²) in [6.45, 7) is 7.30. The van der Waals surface area contributed by atoms with Gasteiger partial charge in [0.1, 0.15) is 0 Å². The lowest BCUT2D eigenvalue weighted by atomic mass is 9.79. The average Bonchev–Trinajstić information content (AvgIpc) is 2.99. The van der Waals surface area contributed by atoms with Gasteiger partial charge >= 0.3 is 0 Å². The van der Waals surface area contributed by atoms with Crippen molar-refractivity contribution in [3.05, 3.63) is 51.9 Å². The summed E-state index contributed by atoms with van der Waals surface area (Å²) in [6.07, 6.45) is 6.41. The van der Waals surface area contributed by atoms with Crippen LogP contribution in [0.25, 0.3) is 5.69 Å². The Kier molecular flexibility index (Phi) is 6.23. The van der Waals surface area contributed by atoms with Crippen molar-refractivity contribution in [2.75, 3.05) is 32.8 Å². The number of hydrogen-bond acceptors (Lipinski definition) is 4. The highest BCUT2D eigenvalue weighted by atomic mass is 16.5. The molecule has 0 bridgehead atoms. The first-order valence-corrected chi connectivity index (χ1v) is 11.0. The Bertz CT molecular complexity index is 859. The van der Waals surface area contributed by atoms with Gasteiger partial charge in [-0.25, -0.2) is 4.68 Å². The number of hydrogen-bond donors (Lipinski definition) is 1. The number of rotatable bonds is 6. The molecule has 0 radical (unpaired) electrons. The largest absolute Gasteiger partial charge is 0.379 e. The fourth-order valence-corrected chi connectivity index (χ4v) is 5.10. The molecule has 2 aromatic rings. The summed E-state index contributed by atoms with van der Waals surface area (Å²) in [4.78, 5) is 15.8. The second kappa shape index (κ2) is 8.86. The zero-order valence-electron chi connectivity index (χ0n) is 17.8. The van der Waals surface area contributed by atoms with E-state index in [0.717, 1.165) is 49.8 Å². The number of para-hydroxylation sites is 1. The molecule has 1 saturated carbocycles. The quantitative estimate of drug-likeness (QED) is 0.813. The first-order valence-electron chi connectivity index (χ1n) is 11.0. The Labute approximate surface area is 173 Å². The highest BCUT2D eigenvalue weighted by molar-refractivity contribution is 5.33. The van der Waals surface area contributed by atoms with Crippen molar-refractivity contribution in [2.24, 2.45) is 7.05 Å². The van der Waals surface area contributed by atoms with Crippen LogP contribution in [0.3, 0.4) is 0 Å². The monoisotopic (exact) mass is 398 g/mol. The molecule has 1 N–H and O–H groups in total. The Balaban J connectivity index is 1.50. The minimum Gasteiger partial charge on any atom is -0.379 e. The molecule has 29 heavy (non-hydrogen) atoms. The van der Waals surface area contributed by atoms with Crippen molar-refractivity contribution in [2.45, 2.75) is 51.1 Å². The third kappa shape index (κ3) is 4.06. The van der Waals surface area contributed by atoms with Gasteiger partial charge in [0.15, 0.2) is 0 Å². The van der Waals surface area contributed by atoms with E-state index < -0.39 is 0 Å². The predicted octanol–water partition coefficient (Wildman–Crippen LogP) is 2.61. The highest BCUT2D eigenvalue weighted by Crippen LogP contribution is 2.34. The second-order valence-electron chi connectivity index (χ2n) is 8.53.